The number of anilines is 1. The summed E-state index contributed by atoms with van der Waals surface area (Å²) in [5.41, 5.74) is 0.997. The highest BCUT2D eigenvalue weighted by Gasteiger charge is 2.18. The fourth-order valence-electron chi connectivity index (χ4n) is 3.13. The van der Waals surface area contributed by atoms with E-state index in [0.717, 1.165) is 5.56 Å². The number of aromatic hydroxyl groups is 1. The molecule has 0 atom stereocenters. The van der Waals surface area contributed by atoms with Gasteiger partial charge in [0, 0.05) is 17.0 Å². The third kappa shape index (κ3) is 4.08. The third-order valence-electron chi connectivity index (χ3n) is 4.79. The van der Waals surface area contributed by atoms with Crippen LogP contribution in [-0.4, -0.2) is 33.3 Å². The summed E-state index contributed by atoms with van der Waals surface area (Å²) in [6, 6.07) is 9.93. The first-order chi connectivity index (χ1) is 14.9. The minimum Gasteiger partial charge on any atom is -0.506 e. The molecule has 2 aromatic heterocycles. The molecular weight excluding hydrogens is 424 g/mol. The Morgan fingerprint density at radius 1 is 1.29 bits per heavy atom. The average molecular weight is 441 g/mol. The van der Waals surface area contributed by atoms with Crippen LogP contribution in [0.2, 0.25) is 5.02 Å². The average Bonchev–Trinajstić information content (AvgIpc) is 3.21. The van der Waals surface area contributed by atoms with Crippen molar-refractivity contribution in [3.05, 3.63) is 63.0 Å². The number of aromatic amines is 1. The number of aryl methyl sites for hydroxylation is 1. The van der Waals surface area contributed by atoms with Crippen molar-refractivity contribution in [3.63, 3.8) is 0 Å². The number of phenols is 1. The van der Waals surface area contributed by atoms with Crippen molar-refractivity contribution in [1.82, 2.24) is 15.2 Å². The summed E-state index contributed by atoms with van der Waals surface area (Å²) in [4.78, 5) is 29.1. The van der Waals surface area contributed by atoms with Gasteiger partial charge in [-0.05, 0) is 42.8 Å². The molecule has 0 bridgehead atoms. The number of hydrogen-bond acceptors (Lipinski definition) is 7. The predicted molar refractivity (Wildman–Crippen MR) is 115 cm³/mol. The molecule has 0 aliphatic heterocycles. The van der Waals surface area contributed by atoms with Crippen molar-refractivity contribution in [2.75, 3.05) is 12.4 Å². The summed E-state index contributed by atoms with van der Waals surface area (Å²) in [6.07, 6.45) is -0.241. The fraction of sp³-hybridized carbons (Fsp3) is 0.143. The number of fused-ring (bicyclic) bond motifs is 1. The van der Waals surface area contributed by atoms with E-state index in [4.69, 9.17) is 20.8 Å². The molecule has 4 aromatic rings. The molecule has 10 heteroatoms. The van der Waals surface area contributed by atoms with Crippen molar-refractivity contribution < 1.29 is 19.1 Å². The molecule has 2 aromatic carbocycles. The second kappa shape index (κ2) is 8.11. The van der Waals surface area contributed by atoms with E-state index in [9.17, 15) is 14.7 Å². The lowest BCUT2D eigenvalue weighted by Crippen LogP contribution is -2.21. The zero-order valence-corrected chi connectivity index (χ0v) is 17.3. The molecule has 0 fully saturated rings. The summed E-state index contributed by atoms with van der Waals surface area (Å²) in [5.74, 6) is 0.567. The number of carbonyl (C=O) groups excluding carboxylic acids is 1. The molecular formula is C21H17ClN4O5. The topological polar surface area (TPSA) is 130 Å². The number of methoxy groups -OCH3 is 1. The number of nitrogens with one attached hydrogen (secondary N) is 2. The summed E-state index contributed by atoms with van der Waals surface area (Å²) in [7, 11) is 1.58. The molecule has 158 valence electrons. The van der Waals surface area contributed by atoms with Crippen LogP contribution in [0, 0.1) is 6.92 Å². The van der Waals surface area contributed by atoms with E-state index in [1.54, 1.807) is 38.3 Å². The molecule has 1 amide bonds. The summed E-state index contributed by atoms with van der Waals surface area (Å²) in [6.45, 7) is 1.68. The second-order valence-electron chi connectivity index (χ2n) is 6.75. The van der Waals surface area contributed by atoms with Gasteiger partial charge in [0.05, 0.1) is 24.1 Å². The molecule has 2 heterocycles. The zero-order valence-electron chi connectivity index (χ0n) is 16.5. The van der Waals surface area contributed by atoms with Gasteiger partial charge < -0.3 is 14.3 Å². The van der Waals surface area contributed by atoms with Crippen molar-refractivity contribution in [2.24, 2.45) is 0 Å². The Kier molecular flexibility index (Phi) is 5.35. The van der Waals surface area contributed by atoms with Crippen molar-refractivity contribution in [1.29, 1.82) is 0 Å². The van der Waals surface area contributed by atoms with Crippen LogP contribution in [0.3, 0.4) is 0 Å². The van der Waals surface area contributed by atoms with Gasteiger partial charge in [0.2, 0.25) is 11.9 Å². The Hall–Kier alpha value is -3.85. The van der Waals surface area contributed by atoms with Gasteiger partial charge in [0.15, 0.2) is 5.82 Å². The number of aromatic nitrogens is 3. The maximum Gasteiger partial charge on any atom is 0.340 e. The molecule has 0 saturated carbocycles. The quantitative estimate of drug-likeness (QED) is 0.405. The Balaban J connectivity index is 1.54. The Bertz CT molecular complexity index is 1340. The van der Waals surface area contributed by atoms with E-state index >= 15 is 0 Å². The van der Waals surface area contributed by atoms with Crippen LogP contribution in [0.1, 0.15) is 11.1 Å². The van der Waals surface area contributed by atoms with Crippen molar-refractivity contribution in [3.8, 4) is 22.9 Å². The Morgan fingerprint density at radius 3 is 2.74 bits per heavy atom. The van der Waals surface area contributed by atoms with Gasteiger partial charge in [-0.1, -0.05) is 11.6 Å². The number of halogens is 1. The molecule has 3 N–H and O–H groups in total. The normalized spacial score (nSPS) is 10.9. The molecule has 0 spiro atoms. The van der Waals surface area contributed by atoms with Crippen LogP contribution in [0.5, 0.6) is 11.5 Å². The lowest BCUT2D eigenvalue weighted by atomic mass is 10.0. The molecule has 9 nitrogen and oxygen atoms in total. The predicted octanol–water partition coefficient (Wildman–Crippen LogP) is 3.44. The number of carbonyl (C=O) groups is 1. The lowest BCUT2D eigenvalue weighted by Gasteiger charge is -2.08. The van der Waals surface area contributed by atoms with Crippen molar-refractivity contribution in [2.45, 2.75) is 13.3 Å². The minimum atomic E-state index is -0.671. The first-order valence-corrected chi connectivity index (χ1v) is 9.55. The summed E-state index contributed by atoms with van der Waals surface area (Å²) < 4.78 is 10.4. The van der Waals surface area contributed by atoms with E-state index in [2.05, 4.69) is 20.5 Å². The number of benzene rings is 2. The number of nitrogens with zero attached hydrogens (tertiary/aromatic N) is 2. The minimum absolute atomic E-state index is 0.0756. The number of hydrogen-bond donors (Lipinski definition) is 3. The molecule has 0 aliphatic rings. The maximum absolute atomic E-state index is 12.5. The SMILES string of the molecule is COc1ccc(-c2nc(NC(=O)Cc3c(C)c4cc(Cl)c(O)cc4oc3=O)n[nH]2)cc1. The molecule has 0 radical (unpaired) electrons. The summed E-state index contributed by atoms with van der Waals surface area (Å²) >= 11 is 5.96. The van der Waals surface area contributed by atoms with Crippen LogP contribution in [-0.2, 0) is 11.2 Å². The molecule has 31 heavy (non-hydrogen) atoms. The van der Waals surface area contributed by atoms with E-state index < -0.39 is 11.5 Å². The van der Waals surface area contributed by atoms with Crippen LogP contribution in [0.4, 0.5) is 5.95 Å². The number of phenolic OH excluding ortho intramolecular Hbond substituents is 1. The van der Waals surface area contributed by atoms with Crippen molar-refractivity contribution >= 4 is 34.4 Å². The van der Waals surface area contributed by atoms with Gasteiger partial charge in [-0.15, -0.1) is 5.10 Å². The Morgan fingerprint density at radius 2 is 2.03 bits per heavy atom. The number of H-pyrrole nitrogens is 1. The number of rotatable bonds is 5. The van der Waals surface area contributed by atoms with Gasteiger partial charge in [-0.2, -0.15) is 4.98 Å². The highest BCUT2D eigenvalue weighted by atomic mass is 35.5. The highest BCUT2D eigenvalue weighted by molar-refractivity contribution is 6.32. The van der Waals surface area contributed by atoms with Crippen LogP contribution >= 0.6 is 11.6 Å². The zero-order chi connectivity index (χ0) is 22.1. The van der Waals surface area contributed by atoms with E-state index in [1.807, 2.05) is 0 Å². The second-order valence-corrected chi connectivity index (χ2v) is 7.16. The fourth-order valence-corrected chi connectivity index (χ4v) is 3.29. The van der Waals surface area contributed by atoms with Gasteiger partial charge in [0.25, 0.3) is 0 Å². The molecule has 0 saturated heterocycles. The standard InChI is InChI=1S/C21H17ClN4O5/c1-10-13-7-15(22)16(27)9-17(13)31-20(29)14(10)8-18(28)23-21-24-19(25-26-21)11-3-5-12(30-2)6-4-11/h3-7,9,27H,8H2,1-2H3,(H2,23,24,25,26,28). The molecule has 0 unspecified atom stereocenters. The smallest absolute Gasteiger partial charge is 0.340 e. The van der Waals surface area contributed by atoms with E-state index in [1.165, 1.54) is 12.1 Å². The van der Waals surface area contributed by atoms with E-state index in [-0.39, 0.29) is 34.3 Å². The lowest BCUT2D eigenvalue weighted by molar-refractivity contribution is -0.115. The van der Waals surface area contributed by atoms with Gasteiger partial charge in [-0.25, -0.2) is 4.79 Å². The van der Waals surface area contributed by atoms with Crippen LogP contribution in [0.15, 0.2) is 45.6 Å². The first-order valence-electron chi connectivity index (χ1n) is 9.17. The van der Waals surface area contributed by atoms with Gasteiger partial charge >= 0.3 is 5.63 Å². The molecule has 0 aliphatic carbocycles. The molecule has 4 rings (SSSR count). The monoisotopic (exact) mass is 440 g/mol. The maximum atomic E-state index is 12.5. The van der Waals surface area contributed by atoms with Crippen LogP contribution < -0.4 is 15.7 Å². The van der Waals surface area contributed by atoms with E-state index in [0.29, 0.717) is 22.5 Å². The third-order valence-corrected chi connectivity index (χ3v) is 5.09. The summed E-state index contributed by atoms with van der Waals surface area (Å²) in [5, 5.41) is 19.7. The number of amides is 1. The first kappa shape index (κ1) is 20.4. The van der Waals surface area contributed by atoms with Gasteiger partial charge in [0.1, 0.15) is 17.1 Å². The Labute approximate surface area is 180 Å². The largest absolute Gasteiger partial charge is 0.506 e. The highest BCUT2D eigenvalue weighted by Crippen LogP contribution is 2.31. The van der Waals surface area contributed by atoms with Crippen LogP contribution in [0.25, 0.3) is 22.4 Å². The van der Waals surface area contributed by atoms with Gasteiger partial charge in [-0.3, -0.25) is 15.2 Å². The number of ether oxygens (including phenoxy) is 1.